The molecule has 5 nitrogen and oxygen atoms in total. The molecule has 2 aliphatic rings. The zero-order chi connectivity index (χ0) is 24.6. The smallest absolute Gasteiger partial charge is 0.120 e. The van der Waals surface area contributed by atoms with Crippen LogP contribution in [-0.4, -0.2) is 55.7 Å². The van der Waals surface area contributed by atoms with Gasteiger partial charge in [-0.15, -0.1) is 0 Å². The lowest BCUT2D eigenvalue weighted by molar-refractivity contribution is 0.109. The van der Waals surface area contributed by atoms with Crippen molar-refractivity contribution in [3.05, 3.63) is 49.6 Å². The van der Waals surface area contributed by atoms with Crippen molar-refractivity contribution in [2.24, 2.45) is 17.3 Å². The fraction of sp³-hybridized carbons (Fsp3) is 0.538. The molecular formula is C26H32Br2N4OS. The number of nitriles is 2. The highest BCUT2D eigenvalue weighted by Crippen LogP contribution is 2.49. The van der Waals surface area contributed by atoms with Crippen LogP contribution in [0.4, 0.5) is 0 Å². The van der Waals surface area contributed by atoms with E-state index in [9.17, 15) is 5.26 Å². The Kier molecular flexibility index (Phi) is 10.5. The van der Waals surface area contributed by atoms with E-state index in [2.05, 4.69) is 79.8 Å². The van der Waals surface area contributed by atoms with Crippen molar-refractivity contribution in [2.45, 2.75) is 26.7 Å². The second-order valence-electron chi connectivity index (χ2n) is 9.15. The van der Waals surface area contributed by atoms with Gasteiger partial charge in [-0.25, -0.2) is 0 Å². The van der Waals surface area contributed by atoms with Gasteiger partial charge in [-0.05, 0) is 75.4 Å². The van der Waals surface area contributed by atoms with Crippen LogP contribution in [0.1, 0.15) is 32.3 Å². The van der Waals surface area contributed by atoms with Gasteiger partial charge >= 0.3 is 0 Å². The van der Waals surface area contributed by atoms with E-state index in [1.54, 1.807) is 23.9 Å². The number of piperazine rings is 1. The van der Waals surface area contributed by atoms with Crippen molar-refractivity contribution >= 4 is 43.6 Å². The van der Waals surface area contributed by atoms with Gasteiger partial charge in [-0.1, -0.05) is 43.8 Å². The molecule has 0 saturated carbocycles. The number of hydrogen-bond donors (Lipinski definition) is 0. The molecule has 0 aromatic heterocycles. The van der Waals surface area contributed by atoms with Crippen LogP contribution in [0, 0.1) is 39.9 Å². The summed E-state index contributed by atoms with van der Waals surface area (Å²) in [6, 6.07) is 12.2. The van der Waals surface area contributed by atoms with Gasteiger partial charge < -0.3 is 9.64 Å². The number of benzene rings is 1. The van der Waals surface area contributed by atoms with Gasteiger partial charge in [0.2, 0.25) is 0 Å². The molecule has 0 radical (unpaired) electrons. The van der Waals surface area contributed by atoms with Crippen LogP contribution in [0.5, 0.6) is 5.75 Å². The zero-order valence-corrected chi connectivity index (χ0v) is 23.8. The number of nitrogens with zero attached hydrogens (tertiary/aromatic N) is 4. The van der Waals surface area contributed by atoms with Crippen LogP contribution >= 0.6 is 43.6 Å². The van der Waals surface area contributed by atoms with Crippen LogP contribution in [0.3, 0.4) is 0 Å². The lowest BCUT2D eigenvalue weighted by atomic mass is 9.66. The Morgan fingerprint density at radius 1 is 1.09 bits per heavy atom. The molecule has 2 aliphatic heterocycles. The normalized spacial score (nSPS) is 19.6. The van der Waals surface area contributed by atoms with Crippen molar-refractivity contribution in [3.8, 4) is 17.9 Å². The van der Waals surface area contributed by atoms with Crippen molar-refractivity contribution < 1.29 is 4.74 Å². The van der Waals surface area contributed by atoms with E-state index >= 15 is 0 Å². The summed E-state index contributed by atoms with van der Waals surface area (Å²) in [5, 5.41) is 19.3. The van der Waals surface area contributed by atoms with E-state index < -0.39 is 5.41 Å². The van der Waals surface area contributed by atoms with E-state index in [1.807, 2.05) is 12.1 Å². The van der Waals surface area contributed by atoms with Crippen molar-refractivity contribution in [1.29, 1.82) is 10.5 Å². The summed E-state index contributed by atoms with van der Waals surface area (Å²) in [6.07, 6.45) is 6.29. The fourth-order valence-corrected chi connectivity index (χ4v) is 7.55. The molecule has 2 heterocycles. The van der Waals surface area contributed by atoms with E-state index in [0.29, 0.717) is 12.2 Å². The molecule has 182 valence electrons. The van der Waals surface area contributed by atoms with Crippen molar-refractivity contribution in [2.75, 3.05) is 45.9 Å². The average molecular weight is 608 g/mol. The number of allylic oxidation sites excluding steroid dienone is 2. The molecule has 0 N–H and O–H groups in total. The predicted octanol–water partition coefficient (Wildman–Crippen LogP) is 6.34. The Morgan fingerprint density at radius 2 is 1.74 bits per heavy atom. The lowest BCUT2D eigenvalue weighted by Gasteiger charge is -2.38. The van der Waals surface area contributed by atoms with Crippen LogP contribution in [-0.2, 0) is 0 Å². The highest BCUT2D eigenvalue weighted by molar-refractivity contribution is 9.16. The minimum Gasteiger partial charge on any atom is -0.492 e. The number of halogens is 2. The van der Waals surface area contributed by atoms with Gasteiger partial charge in [0.1, 0.15) is 12.4 Å². The first-order chi connectivity index (χ1) is 16.4. The molecule has 1 aromatic carbocycles. The van der Waals surface area contributed by atoms with Crippen molar-refractivity contribution in [1.82, 2.24) is 9.80 Å². The Balaban J connectivity index is 1.43. The number of thioether (sulfide) groups is 1. The number of hydrogen-bond acceptors (Lipinski definition) is 6. The quantitative estimate of drug-likeness (QED) is 0.309. The Hall–Kier alpha value is -1.29. The second kappa shape index (κ2) is 13.1. The van der Waals surface area contributed by atoms with Gasteiger partial charge in [0, 0.05) is 38.6 Å². The molecule has 1 fully saturated rings. The summed E-state index contributed by atoms with van der Waals surface area (Å²) in [4.78, 5) is 4.95. The van der Waals surface area contributed by atoms with Gasteiger partial charge in [0.25, 0.3) is 0 Å². The Bertz CT molecular complexity index is 958. The maximum Gasteiger partial charge on any atom is 0.120 e. The Morgan fingerprint density at radius 3 is 2.32 bits per heavy atom. The first-order valence-electron chi connectivity index (χ1n) is 11.8. The fourth-order valence-electron chi connectivity index (χ4n) is 4.67. The van der Waals surface area contributed by atoms with Crippen LogP contribution in [0.2, 0.25) is 0 Å². The van der Waals surface area contributed by atoms with Gasteiger partial charge in [-0.3, -0.25) is 4.90 Å². The molecule has 0 amide bonds. The van der Waals surface area contributed by atoms with Gasteiger partial charge in [-0.2, -0.15) is 10.5 Å². The average Bonchev–Trinajstić information content (AvgIpc) is 2.82. The second-order valence-corrected chi connectivity index (χ2v) is 13.0. The van der Waals surface area contributed by atoms with Crippen molar-refractivity contribution in [3.63, 3.8) is 0 Å². The first-order valence-corrected chi connectivity index (χ1v) is 14.2. The minimum atomic E-state index is -0.402. The summed E-state index contributed by atoms with van der Waals surface area (Å²) >= 11 is 8.89. The molecule has 1 aromatic rings. The maximum atomic E-state index is 10.2. The van der Waals surface area contributed by atoms with Crippen LogP contribution in [0.25, 0.3) is 0 Å². The molecule has 1 unspecified atom stereocenters. The molecule has 34 heavy (non-hydrogen) atoms. The largest absolute Gasteiger partial charge is 0.492 e. The van der Waals surface area contributed by atoms with Gasteiger partial charge in [0.15, 0.2) is 0 Å². The van der Waals surface area contributed by atoms with E-state index in [1.165, 1.54) is 0 Å². The van der Waals surface area contributed by atoms with Crippen LogP contribution in [0.15, 0.2) is 44.0 Å². The third-order valence-electron chi connectivity index (χ3n) is 6.82. The monoisotopic (exact) mass is 606 g/mol. The number of ether oxygens (including phenoxy) is 1. The standard InChI is InChI=1S/C26H32Br2N4OS/c1-20(2)26(19-30,22-16-24(27)34-25(28)17-22)7-4-8-31-9-11-32(12-10-31)13-14-33-23-6-3-5-21(15-23)18-29/h3,5-6,15-17,20,22H,4,7-14H2,1-2H3. The molecule has 0 bridgehead atoms. The molecule has 1 saturated heterocycles. The minimum absolute atomic E-state index is 0.105. The molecule has 0 spiro atoms. The zero-order valence-electron chi connectivity index (χ0n) is 19.8. The highest BCUT2D eigenvalue weighted by atomic mass is 79.9. The highest BCUT2D eigenvalue weighted by Gasteiger charge is 2.41. The maximum absolute atomic E-state index is 10.2. The third-order valence-corrected chi connectivity index (χ3v) is 8.98. The molecule has 1 atom stereocenters. The summed E-state index contributed by atoms with van der Waals surface area (Å²) in [5.41, 5.74) is 0.222. The Labute approximate surface area is 225 Å². The summed E-state index contributed by atoms with van der Waals surface area (Å²) in [6.45, 7) is 11.0. The molecule has 0 aliphatic carbocycles. The summed E-state index contributed by atoms with van der Waals surface area (Å²) in [7, 11) is 0. The van der Waals surface area contributed by atoms with Crippen LogP contribution < -0.4 is 4.74 Å². The predicted molar refractivity (Wildman–Crippen MR) is 147 cm³/mol. The lowest BCUT2D eigenvalue weighted by Crippen LogP contribution is -2.47. The molecule has 8 heteroatoms. The number of rotatable bonds is 10. The van der Waals surface area contributed by atoms with Gasteiger partial charge in [0.05, 0.1) is 30.7 Å². The topological polar surface area (TPSA) is 63.3 Å². The molecule has 3 rings (SSSR count). The summed E-state index contributed by atoms with van der Waals surface area (Å²) < 4.78 is 7.98. The van der Waals surface area contributed by atoms with E-state index in [4.69, 9.17) is 10.00 Å². The molecular weight excluding hydrogens is 576 g/mol. The summed E-state index contributed by atoms with van der Waals surface area (Å²) in [5.74, 6) is 1.13. The first kappa shape index (κ1) is 27.3. The van der Waals surface area contributed by atoms with E-state index in [-0.39, 0.29) is 11.8 Å². The SMILES string of the molecule is CC(C)C(C#N)(CCCN1CCN(CCOc2cccc(C#N)c2)CC1)C1C=C(Br)SC(Br)=C1. The van der Waals surface area contributed by atoms with E-state index in [0.717, 1.165) is 65.5 Å². The third kappa shape index (κ3) is 7.35.